The Labute approximate surface area is 130 Å². The quantitative estimate of drug-likeness (QED) is 0.676. The molecule has 116 valence electrons. The number of hydrogen-bond acceptors (Lipinski definition) is 3. The van der Waals surface area contributed by atoms with E-state index in [2.05, 4.69) is 21.6 Å². The van der Waals surface area contributed by atoms with E-state index in [1.54, 1.807) is 0 Å². The van der Waals surface area contributed by atoms with Crippen LogP contribution in [0, 0.1) is 4.77 Å². The molecule has 1 aliphatic rings. The second kappa shape index (κ2) is 5.93. The number of aromatic amines is 1. The summed E-state index contributed by atoms with van der Waals surface area (Å²) in [6, 6.07) is 0.0682. The average Bonchev–Trinajstić information content (AvgIpc) is 2.83. The molecule has 3 rings (SSSR count). The van der Waals surface area contributed by atoms with E-state index in [4.69, 9.17) is 12.2 Å². The fourth-order valence-electron chi connectivity index (χ4n) is 3.53. The molecule has 2 atom stereocenters. The Morgan fingerprint density at radius 2 is 2.10 bits per heavy atom. The number of aryl methyl sites for hydroxylation is 2. The van der Waals surface area contributed by atoms with Gasteiger partial charge >= 0.3 is 0 Å². The molecule has 1 aliphatic carbocycles. The highest BCUT2D eigenvalue weighted by Gasteiger charge is 2.27. The predicted octanol–water partition coefficient (Wildman–Crippen LogP) is 3.25. The van der Waals surface area contributed by atoms with Crippen LogP contribution in [0.3, 0.4) is 0 Å². The molecule has 6 heteroatoms. The van der Waals surface area contributed by atoms with Crippen molar-refractivity contribution in [3.05, 3.63) is 10.5 Å². The van der Waals surface area contributed by atoms with E-state index in [1.807, 2.05) is 11.7 Å². The van der Waals surface area contributed by atoms with E-state index in [9.17, 15) is 5.11 Å². The van der Waals surface area contributed by atoms with Gasteiger partial charge in [-0.25, -0.2) is 0 Å². The lowest BCUT2D eigenvalue weighted by Crippen LogP contribution is -2.24. The number of fused-ring (bicyclic) bond motifs is 1. The fourth-order valence-corrected chi connectivity index (χ4v) is 3.85. The molecule has 2 heterocycles. The maximum absolute atomic E-state index is 10.5. The van der Waals surface area contributed by atoms with Crippen molar-refractivity contribution in [3.63, 3.8) is 0 Å². The number of nitrogens with zero attached hydrogens (tertiary/aromatic N) is 3. The standard InChI is InChI=1S/C15H24N4OS/c1-3-7-10-13-14(18(2)17-10)19(15(21)16-13)11-8-5-4-6-9-12(11)20/h11-12,20H,3-9H2,1-2H3,(H,16,21). The molecule has 5 nitrogen and oxygen atoms in total. The smallest absolute Gasteiger partial charge is 0.179 e. The molecule has 0 aliphatic heterocycles. The van der Waals surface area contributed by atoms with Gasteiger partial charge in [0.1, 0.15) is 5.52 Å². The summed E-state index contributed by atoms with van der Waals surface area (Å²) in [5, 5.41) is 15.1. The molecule has 0 radical (unpaired) electrons. The van der Waals surface area contributed by atoms with E-state index in [1.165, 1.54) is 6.42 Å². The topological polar surface area (TPSA) is 58.8 Å². The summed E-state index contributed by atoms with van der Waals surface area (Å²) in [5.74, 6) is 0. The second-order valence-corrected chi connectivity index (χ2v) is 6.48. The summed E-state index contributed by atoms with van der Waals surface area (Å²) in [6.45, 7) is 2.15. The monoisotopic (exact) mass is 308 g/mol. The molecule has 2 aromatic rings. The molecule has 1 saturated carbocycles. The van der Waals surface area contributed by atoms with E-state index < -0.39 is 0 Å². The van der Waals surface area contributed by atoms with Crippen LogP contribution < -0.4 is 0 Å². The van der Waals surface area contributed by atoms with E-state index in [-0.39, 0.29) is 12.1 Å². The van der Waals surface area contributed by atoms with E-state index in [0.29, 0.717) is 4.77 Å². The first kappa shape index (κ1) is 14.8. The van der Waals surface area contributed by atoms with Crippen LogP contribution in [0.4, 0.5) is 0 Å². The van der Waals surface area contributed by atoms with Gasteiger partial charge < -0.3 is 10.1 Å². The molecule has 0 bridgehead atoms. The van der Waals surface area contributed by atoms with Gasteiger partial charge in [0.15, 0.2) is 10.4 Å². The van der Waals surface area contributed by atoms with E-state index >= 15 is 0 Å². The summed E-state index contributed by atoms with van der Waals surface area (Å²) >= 11 is 5.54. The van der Waals surface area contributed by atoms with Crippen molar-refractivity contribution >= 4 is 23.4 Å². The van der Waals surface area contributed by atoms with Crippen molar-refractivity contribution in [1.29, 1.82) is 0 Å². The summed E-state index contributed by atoms with van der Waals surface area (Å²) in [4.78, 5) is 3.32. The van der Waals surface area contributed by atoms with Crippen LogP contribution in [0.5, 0.6) is 0 Å². The maximum atomic E-state index is 10.5. The predicted molar refractivity (Wildman–Crippen MR) is 86.0 cm³/mol. The highest BCUT2D eigenvalue weighted by Crippen LogP contribution is 2.31. The Morgan fingerprint density at radius 1 is 1.33 bits per heavy atom. The minimum Gasteiger partial charge on any atom is -0.391 e. The van der Waals surface area contributed by atoms with Crippen molar-refractivity contribution < 1.29 is 5.11 Å². The first-order valence-corrected chi connectivity index (χ1v) is 8.38. The zero-order valence-corrected chi connectivity index (χ0v) is 13.6. The average molecular weight is 308 g/mol. The van der Waals surface area contributed by atoms with Crippen molar-refractivity contribution in [3.8, 4) is 0 Å². The van der Waals surface area contributed by atoms with E-state index in [0.717, 1.165) is 55.4 Å². The molecule has 2 aromatic heterocycles. The highest BCUT2D eigenvalue weighted by atomic mass is 32.1. The van der Waals surface area contributed by atoms with Crippen molar-refractivity contribution in [2.75, 3.05) is 0 Å². The minimum absolute atomic E-state index is 0.0682. The fraction of sp³-hybridized carbons (Fsp3) is 0.733. The van der Waals surface area contributed by atoms with Gasteiger partial charge in [0.2, 0.25) is 0 Å². The van der Waals surface area contributed by atoms with Crippen LogP contribution >= 0.6 is 12.2 Å². The number of aliphatic hydroxyl groups is 1. The van der Waals surface area contributed by atoms with Gasteiger partial charge in [0.05, 0.1) is 17.8 Å². The Hall–Kier alpha value is -1.14. The van der Waals surface area contributed by atoms with Crippen LogP contribution in [0.15, 0.2) is 0 Å². The number of rotatable bonds is 3. The zero-order valence-electron chi connectivity index (χ0n) is 12.8. The normalized spacial score (nSPS) is 23.6. The Kier molecular flexibility index (Phi) is 4.17. The number of H-pyrrole nitrogens is 1. The molecule has 0 amide bonds. The highest BCUT2D eigenvalue weighted by molar-refractivity contribution is 7.71. The number of nitrogens with one attached hydrogen (secondary N) is 1. The number of imidazole rings is 1. The summed E-state index contributed by atoms with van der Waals surface area (Å²) in [7, 11) is 1.96. The zero-order chi connectivity index (χ0) is 15.0. The lowest BCUT2D eigenvalue weighted by molar-refractivity contribution is 0.106. The van der Waals surface area contributed by atoms with Crippen molar-refractivity contribution in [1.82, 2.24) is 19.3 Å². The van der Waals surface area contributed by atoms with Gasteiger partial charge in [-0.1, -0.05) is 32.6 Å². The molecule has 0 aromatic carbocycles. The minimum atomic E-state index is -0.317. The molecule has 0 spiro atoms. The van der Waals surface area contributed by atoms with Crippen LogP contribution in [0.2, 0.25) is 0 Å². The molecule has 2 N–H and O–H groups in total. The molecular weight excluding hydrogens is 284 g/mol. The van der Waals surface area contributed by atoms with Crippen molar-refractivity contribution in [2.45, 2.75) is 64.0 Å². The molecule has 21 heavy (non-hydrogen) atoms. The third-order valence-electron chi connectivity index (χ3n) is 4.53. The molecule has 1 fully saturated rings. The third kappa shape index (κ3) is 2.55. The number of aliphatic hydroxyl groups excluding tert-OH is 1. The van der Waals surface area contributed by atoms with Gasteiger partial charge in [-0.2, -0.15) is 5.10 Å². The number of hydrogen-bond donors (Lipinski definition) is 2. The molecule has 0 saturated heterocycles. The van der Waals surface area contributed by atoms with Gasteiger partial charge in [-0.05, 0) is 31.5 Å². The first-order valence-electron chi connectivity index (χ1n) is 7.97. The second-order valence-electron chi connectivity index (χ2n) is 6.09. The van der Waals surface area contributed by atoms with Crippen molar-refractivity contribution in [2.24, 2.45) is 7.05 Å². The van der Waals surface area contributed by atoms with Crippen LogP contribution in [0.25, 0.3) is 11.2 Å². The maximum Gasteiger partial charge on any atom is 0.179 e. The largest absolute Gasteiger partial charge is 0.391 e. The van der Waals surface area contributed by atoms with Gasteiger partial charge in [-0.15, -0.1) is 0 Å². The summed E-state index contributed by atoms with van der Waals surface area (Å²) in [5.41, 5.74) is 3.14. The third-order valence-corrected chi connectivity index (χ3v) is 4.83. The SMILES string of the molecule is CCCc1nn(C)c2c1[nH]c(=S)n2C1CCCCCC1O. The van der Waals surface area contributed by atoms with Gasteiger partial charge in [0.25, 0.3) is 0 Å². The van der Waals surface area contributed by atoms with Gasteiger partial charge in [0, 0.05) is 7.05 Å². The summed E-state index contributed by atoms with van der Waals surface area (Å²) < 4.78 is 4.72. The van der Waals surface area contributed by atoms with Crippen LogP contribution in [0.1, 0.15) is 57.2 Å². The first-order chi connectivity index (χ1) is 10.1. The Morgan fingerprint density at radius 3 is 2.86 bits per heavy atom. The number of aromatic nitrogens is 4. The molecule has 2 unspecified atom stereocenters. The van der Waals surface area contributed by atoms with Crippen LogP contribution in [-0.4, -0.2) is 30.5 Å². The lowest BCUT2D eigenvalue weighted by atomic mass is 10.1. The Balaban J connectivity index is 2.13. The molecular formula is C15H24N4OS. The Bertz CT molecular complexity index is 684. The lowest BCUT2D eigenvalue weighted by Gasteiger charge is -2.22. The van der Waals surface area contributed by atoms with Crippen LogP contribution in [-0.2, 0) is 13.5 Å². The van der Waals surface area contributed by atoms with Gasteiger partial charge in [-0.3, -0.25) is 9.25 Å². The summed E-state index contributed by atoms with van der Waals surface area (Å²) in [6.07, 6.45) is 6.98.